The molecule has 0 aliphatic heterocycles. The summed E-state index contributed by atoms with van der Waals surface area (Å²) in [4.78, 5) is 0. The maximum absolute atomic E-state index is 13.8. The monoisotopic (exact) mass is 281 g/mol. The van der Waals surface area contributed by atoms with E-state index in [0.29, 0.717) is 17.0 Å². The van der Waals surface area contributed by atoms with Crippen LogP contribution >= 0.6 is 11.6 Å². The standard InChI is InChI=1S/C15H14ClF2N/c1-19-15(8-10-3-2-4-12(17)7-10)13-9-11(16)5-6-14(13)18/h2-7,9,15,19H,8H2,1H3. The molecule has 4 heteroatoms. The zero-order chi connectivity index (χ0) is 13.8. The normalized spacial score (nSPS) is 12.4. The molecular weight excluding hydrogens is 268 g/mol. The van der Waals surface area contributed by atoms with Crippen LogP contribution in [-0.4, -0.2) is 7.05 Å². The average molecular weight is 282 g/mol. The van der Waals surface area contributed by atoms with Crippen molar-refractivity contribution in [1.82, 2.24) is 5.32 Å². The van der Waals surface area contributed by atoms with E-state index < -0.39 is 0 Å². The van der Waals surface area contributed by atoms with Gasteiger partial charge in [-0.25, -0.2) is 8.78 Å². The van der Waals surface area contributed by atoms with Crippen molar-refractivity contribution in [3.63, 3.8) is 0 Å². The molecule has 0 saturated carbocycles. The summed E-state index contributed by atoms with van der Waals surface area (Å²) >= 11 is 5.89. The van der Waals surface area contributed by atoms with Crippen LogP contribution in [0.3, 0.4) is 0 Å². The van der Waals surface area contributed by atoms with Crippen molar-refractivity contribution in [2.75, 3.05) is 7.05 Å². The zero-order valence-electron chi connectivity index (χ0n) is 10.5. The smallest absolute Gasteiger partial charge is 0.128 e. The topological polar surface area (TPSA) is 12.0 Å². The van der Waals surface area contributed by atoms with Crippen LogP contribution < -0.4 is 5.32 Å². The number of rotatable bonds is 4. The zero-order valence-corrected chi connectivity index (χ0v) is 11.2. The van der Waals surface area contributed by atoms with Gasteiger partial charge in [0.1, 0.15) is 11.6 Å². The van der Waals surface area contributed by atoms with Crippen LogP contribution in [0.4, 0.5) is 8.78 Å². The first-order valence-electron chi connectivity index (χ1n) is 5.97. The van der Waals surface area contributed by atoms with Gasteiger partial charge < -0.3 is 5.32 Å². The van der Waals surface area contributed by atoms with E-state index >= 15 is 0 Å². The molecule has 0 aliphatic rings. The van der Waals surface area contributed by atoms with Crippen molar-refractivity contribution in [3.8, 4) is 0 Å². The maximum Gasteiger partial charge on any atom is 0.128 e. The van der Waals surface area contributed by atoms with E-state index in [4.69, 9.17) is 11.6 Å². The summed E-state index contributed by atoms with van der Waals surface area (Å²) in [5, 5.41) is 3.52. The second-order valence-corrected chi connectivity index (χ2v) is 4.78. The maximum atomic E-state index is 13.8. The molecule has 0 radical (unpaired) electrons. The first kappa shape index (κ1) is 14.0. The lowest BCUT2D eigenvalue weighted by molar-refractivity contribution is 0.532. The highest BCUT2D eigenvalue weighted by Gasteiger charge is 2.15. The number of benzene rings is 2. The molecule has 0 spiro atoms. The molecule has 0 heterocycles. The summed E-state index contributed by atoms with van der Waals surface area (Å²) in [5.74, 6) is -0.612. The van der Waals surface area contributed by atoms with Crippen LogP contribution in [0.1, 0.15) is 17.2 Å². The van der Waals surface area contributed by atoms with Crippen LogP contribution in [0, 0.1) is 11.6 Å². The van der Waals surface area contributed by atoms with Crippen LogP contribution in [0.2, 0.25) is 5.02 Å². The molecule has 2 aromatic carbocycles. The Bertz CT molecular complexity index is 572. The highest BCUT2D eigenvalue weighted by Crippen LogP contribution is 2.24. The molecular formula is C15H14ClF2N. The minimum atomic E-state index is -0.319. The van der Waals surface area contributed by atoms with Crippen molar-refractivity contribution < 1.29 is 8.78 Å². The summed E-state index contributed by atoms with van der Waals surface area (Å²) in [6.07, 6.45) is 0.492. The quantitative estimate of drug-likeness (QED) is 0.889. The minimum absolute atomic E-state index is 0.250. The molecule has 0 fully saturated rings. The summed E-state index contributed by atoms with van der Waals surface area (Å²) in [7, 11) is 1.74. The van der Waals surface area contributed by atoms with E-state index in [1.807, 2.05) is 6.07 Å². The fraction of sp³-hybridized carbons (Fsp3) is 0.200. The molecule has 0 aromatic heterocycles. The molecule has 100 valence electrons. The molecule has 1 nitrogen and oxygen atoms in total. The molecule has 1 atom stereocenters. The van der Waals surface area contributed by atoms with Crippen molar-refractivity contribution in [2.45, 2.75) is 12.5 Å². The van der Waals surface area contributed by atoms with Crippen molar-refractivity contribution in [1.29, 1.82) is 0 Å². The first-order valence-corrected chi connectivity index (χ1v) is 6.34. The first-order chi connectivity index (χ1) is 9.10. The third-order valence-electron chi connectivity index (χ3n) is 3.01. The Kier molecular flexibility index (Phi) is 4.51. The molecule has 1 N–H and O–H groups in total. The van der Waals surface area contributed by atoms with E-state index in [1.165, 1.54) is 24.3 Å². The Labute approximate surface area is 116 Å². The molecule has 2 aromatic rings. The van der Waals surface area contributed by atoms with Crippen molar-refractivity contribution in [3.05, 3.63) is 70.2 Å². The molecule has 19 heavy (non-hydrogen) atoms. The Hall–Kier alpha value is -1.45. The van der Waals surface area contributed by atoms with E-state index in [0.717, 1.165) is 5.56 Å². The summed E-state index contributed by atoms with van der Waals surface area (Å²) in [6, 6.07) is 10.5. The van der Waals surface area contributed by atoms with E-state index in [9.17, 15) is 8.78 Å². The van der Waals surface area contributed by atoms with Crippen LogP contribution in [0.5, 0.6) is 0 Å². The number of likely N-dealkylation sites (N-methyl/N-ethyl adjacent to an activating group) is 1. The molecule has 0 aliphatic carbocycles. The fourth-order valence-electron chi connectivity index (χ4n) is 2.05. The molecule has 0 bridgehead atoms. The van der Waals surface area contributed by atoms with Gasteiger partial charge in [0.05, 0.1) is 0 Å². The number of nitrogens with one attached hydrogen (secondary N) is 1. The van der Waals surface area contributed by atoms with Gasteiger partial charge in [-0.15, -0.1) is 0 Å². The second-order valence-electron chi connectivity index (χ2n) is 4.34. The van der Waals surface area contributed by atoms with Gasteiger partial charge in [0.25, 0.3) is 0 Å². The summed E-state index contributed by atoms with van der Waals surface area (Å²) in [5.41, 5.74) is 1.29. The Morgan fingerprint density at radius 3 is 2.63 bits per heavy atom. The van der Waals surface area contributed by atoms with Crippen LogP contribution in [0.15, 0.2) is 42.5 Å². The van der Waals surface area contributed by atoms with E-state index in [2.05, 4.69) is 5.32 Å². The Morgan fingerprint density at radius 1 is 1.16 bits per heavy atom. The van der Waals surface area contributed by atoms with Gasteiger partial charge in [-0.1, -0.05) is 23.7 Å². The van der Waals surface area contributed by atoms with Gasteiger partial charge in [0, 0.05) is 16.6 Å². The fourth-order valence-corrected chi connectivity index (χ4v) is 2.23. The molecule has 1 unspecified atom stereocenters. The highest BCUT2D eigenvalue weighted by molar-refractivity contribution is 6.30. The number of hydrogen-bond donors (Lipinski definition) is 1. The molecule has 0 saturated heterocycles. The predicted molar refractivity (Wildman–Crippen MR) is 73.3 cm³/mol. The van der Waals surface area contributed by atoms with Gasteiger partial charge in [0.2, 0.25) is 0 Å². The number of halogens is 3. The SMILES string of the molecule is CNC(Cc1cccc(F)c1)c1cc(Cl)ccc1F. The lowest BCUT2D eigenvalue weighted by Gasteiger charge is -2.18. The van der Waals surface area contributed by atoms with Crippen molar-refractivity contribution >= 4 is 11.6 Å². The molecule has 2 rings (SSSR count). The lowest BCUT2D eigenvalue weighted by Crippen LogP contribution is -2.20. The van der Waals surface area contributed by atoms with Crippen LogP contribution in [-0.2, 0) is 6.42 Å². The Morgan fingerprint density at radius 2 is 1.95 bits per heavy atom. The summed E-state index contributed by atoms with van der Waals surface area (Å²) in [6.45, 7) is 0. The number of hydrogen-bond acceptors (Lipinski definition) is 1. The van der Waals surface area contributed by atoms with E-state index in [1.54, 1.807) is 19.2 Å². The Balaban J connectivity index is 2.27. The minimum Gasteiger partial charge on any atom is -0.313 e. The lowest BCUT2D eigenvalue weighted by atomic mass is 9.98. The van der Waals surface area contributed by atoms with Crippen molar-refractivity contribution in [2.24, 2.45) is 0 Å². The highest BCUT2D eigenvalue weighted by atomic mass is 35.5. The average Bonchev–Trinajstić information content (AvgIpc) is 2.39. The third kappa shape index (κ3) is 3.52. The third-order valence-corrected chi connectivity index (χ3v) is 3.25. The van der Waals surface area contributed by atoms with Gasteiger partial charge in [0.15, 0.2) is 0 Å². The summed E-state index contributed by atoms with van der Waals surface area (Å²) < 4.78 is 27.0. The largest absolute Gasteiger partial charge is 0.313 e. The van der Waals surface area contributed by atoms with E-state index in [-0.39, 0.29) is 17.7 Å². The second kappa shape index (κ2) is 6.13. The van der Waals surface area contributed by atoms with Gasteiger partial charge in [-0.05, 0) is 49.4 Å². The van der Waals surface area contributed by atoms with Gasteiger partial charge in [-0.3, -0.25) is 0 Å². The predicted octanol–water partition coefficient (Wildman–Crippen LogP) is 4.12. The van der Waals surface area contributed by atoms with Crippen LogP contribution in [0.25, 0.3) is 0 Å². The van der Waals surface area contributed by atoms with Gasteiger partial charge >= 0.3 is 0 Å². The van der Waals surface area contributed by atoms with Gasteiger partial charge in [-0.2, -0.15) is 0 Å². The molecule has 0 amide bonds.